The van der Waals surface area contributed by atoms with Crippen molar-refractivity contribution in [1.29, 1.82) is 0 Å². The first-order valence-corrected chi connectivity index (χ1v) is 11.6. The maximum Gasteiger partial charge on any atom is 0.255 e. The van der Waals surface area contributed by atoms with Crippen LogP contribution in [0.25, 0.3) is 11.1 Å². The molecule has 0 unspecified atom stereocenters. The lowest BCUT2D eigenvalue weighted by Crippen LogP contribution is -2.27. The monoisotopic (exact) mass is 436 g/mol. The number of carbonyl (C=O) groups excluding carboxylic acids is 1. The molecule has 1 heterocycles. The van der Waals surface area contributed by atoms with Crippen molar-refractivity contribution in [1.82, 2.24) is 4.31 Å². The summed E-state index contributed by atoms with van der Waals surface area (Å²) in [5.41, 5.74) is 3.02. The summed E-state index contributed by atoms with van der Waals surface area (Å²) >= 11 is 0. The highest BCUT2D eigenvalue weighted by Gasteiger charge is 2.26. The molecular weight excluding hydrogens is 412 g/mol. The first-order valence-electron chi connectivity index (χ1n) is 10.1. The molecule has 1 fully saturated rings. The van der Waals surface area contributed by atoms with Crippen molar-refractivity contribution in [3.8, 4) is 16.9 Å². The Kier molecular flexibility index (Phi) is 6.06. The van der Waals surface area contributed by atoms with Gasteiger partial charge in [0.25, 0.3) is 5.91 Å². The average Bonchev–Trinajstić information content (AvgIpc) is 3.36. The lowest BCUT2D eigenvalue weighted by Gasteiger charge is -2.15. The smallest absolute Gasteiger partial charge is 0.255 e. The minimum Gasteiger partial charge on any atom is -0.497 e. The molecule has 1 saturated heterocycles. The summed E-state index contributed by atoms with van der Waals surface area (Å²) in [6.07, 6.45) is 1.82. The van der Waals surface area contributed by atoms with Crippen LogP contribution < -0.4 is 10.1 Å². The molecule has 3 aromatic carbocycles. The predicted octanol–water partition coefficient (Wildman–Crippen LogP) is 4.40. The zero-order chi connectivity index (χ0) is 21.8. The highest BCUT2D eigenvalue weighted by Crippen LogP contribution is 2.25. The van der Waals surface area contributed by atoms with Crippen LogP contribution in [0.1, 0.15) is 23.2 Å². The Morgan fingerprint density at radius 3 is 1.94 bits per heavy atom. The Hall–Kier alpha value is -3.16. The van der Waals surface area contributed by atoms with E-state index in [1.165, 1.54) is 4.31 Å². The summed E-state index contributed by atoms with van der Waals surface area (Å²) in [4.78, 5) is 12.8. The topological polar surface area (TPSA) is 75.7 Å². The fraction of sp³-hybridized carbons (Fsp3) is 0.208. The highest BCUT2D eigenvalue weighted by molar-refractivity contribution is 7.89. The van der Waals surface area contributed by atoms with E-state index in [1.807, 2.05) is 12.1 Å². The maximum atomic E-state index is 12.7. The first-order chi connectivity index (χ1) is 15.0. The van der Waals surface area contributed by atoms with E-state index in [-0.39, 0.29) is 5.91 Å². The molecule has 7 heteroatoms. The number of amides is 1. The summed E-state index contributed by atoms with van der Waals surface area (Å²) in [7, 11) is -1.82. The van der Waals surface area contributed by atoms with Gasteiger partial charge in [0.1, 0.15) is 5.75 Å². The normalized spacial score (nSPS) is 14.4. The molecule has 1 aliphatic rings. The second-order valence-corrected chi connectivity index (χ2v) is 9.33. The van der Waals surface area contributed by atoms with E-state index in [1.54, 1.807) is 67.8 Å². The zero-order valence-electron chi connectivity index (χ0n) is 17.2. The van der Waals surface area contributed by atoms with Gasteiger partial charge < -0.3 is 10.1 Å². The number of methoxy groups -OCH3 is 1. The van der Waals surface area contributed by atoms with Crippen molar-refractivity contribution in [2.24, 2.45) is 0 Å². The van der Waals surface area contributed by atoms with Crippen LogP contribution in [0.5, 0.6) is 5.75 Å². The van der Waals surface area contributed by atoms with E-state index in [0.717, 1.165) is 29.7 Å². The van der Waals surface area contributed by atoms with Crippen molar-refractivity contribution in [2.45, 2.75) is 17.7 Å². The van der Waals surface area contributed by atoms with E-state index in [0.29, 0.717) is 29.2 Å². The second kappa shape index (κ2) is 8.91. The fourth-order valence-electron chi connectivity index (χ4n) is 3.59. The van der Waals surface area contributed by atoms with Gasteiger partial charge in [-0.2, -0.15) is 4.31 Å². The van der Waals surface area contributed by atoms with Crippen LogP contribution >= 0.6 is 0 Å². The maximum absolute atomic E-state index is 12.7. The molecule has 1 N–H and O–H groups in total. The van der Waals surface area contributed by atoms with Gasteiger partial charge >= 0.3 is 0 Å². The SMILES string of the molecule is COc1ccc(NC(=O)c2ccc(-c3ccc(S(=O)(=O)N4CCCC4)cc3)cc2)cc1. The number of hydrogen-bond donors (Lipinski definition) is 1. The molecule has 0 radical (unpaired) electrons. The summed E-state index contributed by atoms with van der Waals surface area (Å²) in [6.45, 7) is 1.17. The predicted molar refractivity (Wildman–Crippen MR) is 121 cm³/mol. The number of anilines is 1. The van der Waals surface area contributed by atoms with Gasteiger partial charge in [-0.05, 0) is 72.5 Å². The molecule has 0 bridgehead atoms. The van der Waals surface area contributed by atoms with Gasteiger partial charge in [0, 0.05) is 24.3 Å². The second-order valence-electron chi connectivity index (χ2n) is 7.40. The van der Waals surface area contributed by atoms with Crippen molar-refractivity contribution < 1.29 is 17.9 Å². The van der Waals surface area contributed by atoms with E-state index in [2.05, 4.69) is 5.32 Å². The molecule has 3 aromatic rings. The Morgan fingerprint density at radius 2 is 1.39 bits per heavy atom. The van der Waals surface area contributed by atoms with Crippen LogP contribution in [0.2, 0.25) is 0 Å². The standard InChI is InChI=1S/C24H24N2O4S/c1-30-22-12-10-21(11-13-22)25-24(27)20-6-4-18(5-7-20)19-8-14-23(15-9-19)31(28,29)26-16-2-3-17-26/h4-15H,2-3,16-17H2,1H3,(H,25,27). The molecule has 4 rings (SSSR count). The van der Waals surface area contributed by atoms with Gasteiger partial charge in [0.2, 0.25) is 10.0 Å². The van der Waals surface area contributed by atoms with Gasteiger partial charge in [0.15, 0.2) is 0 Å². The summed E-state index contributed by atoms with van der Waals surface area (Å²) in [6, 6.07) is 21.2. The number of nitrogens with one attached hydrogen (secondary N) is 1. The van der Waals surface area contributed by atoms with Gasteiger partial charge in [-0.1, -0.05) is 24.3 Å². The van der Waals surface area contributed by atoms with Crippen molar-refractivity contribution in [3.63, 3.8) is 0 Å². The molecular formula is C24H24N2O4S. The van der Waals surface area contributed by atoms with Crippen molar-refractivity contribution in [3.05, 3.63) is 78.4 Å². The number of hydrogen-bond acceptors (Lipinski definition) is 4. The van der Waals surface area contributed by atoms with Gasteiger partial charge in [-0.15, -0.1) is 0 Å². The molecule has 0 aliphatic carbocycles. The average molecular weight is 437 g/mol. The van der Waals surface area contributed by atoms with E-state index >= 15 is 0 Å². The van der Waals surface area contributed by atoms with Crippen LogP contribution in [-0.4, -0.2) is 38.8 Å². The van der Waals surface area contributed by atoms with Crippen LogP contribution in [0.4, 0.5) is 5.69 Å². The van der Waals surface area contributed by atoms with Crippen molar-refractivity contribution in [2.75, 3.05) is 25.5 Å². The lowest BCUT2D eigenvalue weighted by atomic mass is 10.0. The number of rotatable bonds is 6. The van der Waals surface area contributed by atoms with E-state index < -0.39 is 10.0 Å². The Balaban J connectivity index is 1.45. The molecule has 1 amide bonds. The molecule has 0 saturated carbocycles. The quantitative estimate of drug-likeness (QED) is 0.621. The summed E-state index contributed by atoms with van der Waals surface area (Å²) in [5.74, 6) is 0.519. The Labute approximate surface area is 182 Å². The largest absolute Gasteiger partial charge is 0.497 e. The van der Waals surface area contributed by atoms with Crippen LogP contribution in [0, 0.1) is 0 Å². The van der Waals surface area contributed by atoms with Crippen molar-refractivity contribution >= 4 is 21.6 Å². The summed E-state index contributed by atoms with van der Waals surface area (Å²) < 4.78 is 32.0. The van der Waals surface area contributed by atoms with E-state index in [9.17, 15) is 13.2 Å². The van der Waals surface area contributed by atoms with Gasteiger partial charge in [0.05, 0.1) is 12.0 Å². The van der Waals surface area contributed by atoms with Gasteiger partial charge in [-0.3, -0.25) is 4.79 Å². The third-order valence-electron chi connectivity index (χ3n) is 5.39. The fourth-order valence-corrected chi connectivity index (χ4v) is 5.11. The van der Waals surface area contributed by atoms with Crippen LogP contribution in [0.15, 0.2) is 77.7 Å². The molecule has 1 aliphatic heterocycles. The highest BCUT2D eigenvalue weighted by atomic mass is 32.2. The number of benzene rings is 3. The number of nitrogens with zero attached hydrogens (tertiary/aromatic N) is 1. The molecule has 6 nitrogen and oxygen atoms in total. The number of ether oxygens (including phenoxy) is 1. The first kappa shape index (κ1) is 21.1. The Morgan fingerprint density at radius 1 is 0.839 bits per heavy atom. The number of carbonyl (C=O) groups is 1. The van der Waals surface area contributed by atoms with Gasteiger partial charge in [-0.25, -0.2) is 8.42 Å². The Bertz CT molecular complexity index is 1150. The molecule has 31 heavy (non-hydrogen) atoms. The minimum absolute atomic E-state index is 0.205. The van der Waals surface area contributed by atoms with E-state index in [4.69, 9.17) is 4.74 Å². The zero-order valence-corrected chi connectivity index (χ0v) is 18.1. The molecule has 0 spiro atoms. The third kappa shape index (κ3) is 4.62. The lowest BCUT2D eigenvalue weighted by molar-refractivity contribution is 0.102. The van der Waals surface area contributed by atoms with Crippen LogP contribution in [-0.2, 0) is 10.0 Å². The number of sulfonamides is 1. The molecule has 0 atom stereocenters. The molecule has 160 valence electrons. The molecule has 0 aromatic heterocycles. The summed E-state index contributed by atoms with van der Waals surface area (Å²) in [5, 5.41) is 2.85. The minimum atomic E-state index is -3.42. The van der Waals surface area contributed by atoms with Crippen LogP contribution in [0.3, 0.4) is 0 Å². The third-order valence-corrected chi connectivity index (χ3v) is 7.30.